The number of hydrogen-bond donors (Lipinski definition) is 0. The van der Waals surface area contributed by atoms with Gasteiger partial charge in [-0.15, -0.1) is 11.8 Å². The molecule has 2 heterocycles. The normalized spacial score (nSPS) is 29.9. The van der Waals surface area contributed by atoms with E-state index in [0.717, 1.165) is 37.3 Å². The summed E-state index contributed by atoms with van der Waals surface area (Å²) in [6.07, 6.45) is 3.33. The summed E-state index contributed by atoms with van der Waals surface area (Å²) in [6, 6.07) is 4.20. The molecule has 21 heavy (non-hydrogen) atoms. The molecule has 1 aromatic rings. The lowest BCUT2D eigenvalue weighted by atomic mass is 9.79. The molecule has 3 aliphatic rings. The fraction of sp³-hybridized carbons (Fsp3) is 0.562. The molecule has 2 atom stereocenters. The van der Waals surface area contributed by atoms with E-state index in [4.69, 9.17) is 9.47 Å². The maximum absolute atomic E-state index is 12.2. The van der Waals surface area contributed by atoms with Gasteiger partial charge in [0.2, 0.25) is 5.91 Å². The summed E-state index contributed by atoms with van der Waals surface area (Å²) in [7, 11) is 3.34. The number of carbonyl (C=O) groups is 1. The van der Waals surface area contributed by atoms with E-state index in [2.05, 4.69) is 17.0 Å². The van der Waals surface area contributed by atoms with E-state index < -0.39 is 0 Å². The Morgan fingerprint density at radius 3 is 2.76 bits per heavy atom. The molecule has 0 radical (unpaired) electrons. The van der Waals surface area contributed by atoms with E-state index in [1.54, 1.807) is 14.2 Å². The Balaban J connectivity index is 1.91. The average molecular weight is 305 g/mol. The van der Waals surface area contributed by atoms with Crippen LogP contribution in [-0.2, 0) is 16.1 Å². The van der Waals surface area contributed by atoms with Crippen molar-refractivity contribution in [2.75, 3.05) is 26.5 Å². The number of carbonyl (C=O) groups excluding carboxylic acids is 1. The third kappa shape index (κ3) is 1.61. The van der Waals surface area contributed by atoms with Crippen molar-refractivity contribution in [1.29, 1.82) is 0 Å². The van der Waals surface area contributed by atoms with Crippen molar-refractivity contribution in [3.8, 4) is 11.5 Å². The van der Waals surface area contributed by atoms with Gasteiger partial charge in [-0.3, -0.25) is 4.79 Å². The third-order valence-electron chi connectivity index (χ3n) is 5.13. The summed E-state index contributed by atoms with van der Waals surface area (Å²) >= 11 is 1.81. The first-order valence-electron chi connectivity index (χ1n) is 7.40. The van der Waals surface area contributed by atoms with Crippen LogP contribution in [0.15, 0.2) is 12.1 Å². The Hall–Kier alpha value is -1.36. The Morgan fingerprint density at radius 1 is 1.24 bits per heavy atom. The smallest absolute Gasteiger partial charge is 0.234 e. The van der Waals surface area contributed by atoms with Gasteiger partial charge in [-0.2, -0.15) is 0 Å². The topological polar surface area (TPSA) is 38.8 Å². The van der Waals surface area contributed by atoms with Gasteiger partial charge in [-0.1, -0.05) is 0 Å². The summed E-state index contributed by atoms with van der Waals surface area (Å²) in [5, 5.41) is 0. The molecule has 0 saturated carbocycles. The SMILES string of the molecule is COc1cc2c(cc1OC)C13SCC(=O)N1CCC3CC2. The first-order valence-corrected chi connectivity index (χ1v) is 8.39. The maximum atomic E-state index is 12.2. The highest BCUT2D eigenvalue weighted by Crippen LogP contribution is 2.60. The molecule has 112 valence electrons. The summed E-state index contributed by atoms with van der Waals surface area (Å²) in [6.45, 7) is 0.893. The molecule has 1 aromatic carbocycles. The minimum absolute atomic E-state index is 0.149. The largest absolute Gasteiger partial charge is 0.493 e. The summed E-state index contributed by atoms with van der Waals surface area (Å²) in [5.74, 6) is 3.00. The van der Waals surface area contributed by atoms with Crippen LogP contribution >= 0.6 is 11.8 Å². The molecule has 2 unspecified atom stereocenters. The Labute approximate surface area is 128 Å². The second kappa shape index (κ2) is 4.57. The van der Waals surface area contributed by atoms with Crippen molar-refractivity contribution >= 4 is 17.7 Å². The minimum Gasteiger partial charge on any atom is -0.493 e. The summed E-state index contributed by atoms with van der Waals surface area (Å²) in [5.41, 5.74) is 2.57. The van der Waals surface area contributed by atoms with Crippen LogP contribution in [0.2, 0.25) is 0 Å². The van der Waals surface area contributed by atoms with Crippen LogP contribution < -0.4 is 9.47 Å². The van der Waals surface area contributed by atoms with Gasteiger partial charge in [0.1, 0.15) is 4.87 Å². The molecule has 4 nitrogen and oxygen atoms in total. The van der Waals surface area contributed by atoms with Crippen LogP contribution in [0.1, 0.15) is 24.0 Å². The lowest BCUT2D eigenvalue weighted by molar-refractivity contribution is -0.129. The van der Waals surface area contributed by atoms with Gasteiger partial charge in [-0.05, 0) is 48.4 Å². The van der Waals surface area contributed by atoms with Gasteiger partial charge >= 0.3 is 0 Å². The van der Waals surface area contributed by atoms with Crippen LogP contribution in [0.5, 0.6) is 11.5 Å². The van der Waals surface area contributed by atoms with Gasteiger partial charge in [0, 0.05) is 6.54 Å². The van der Waals surface area contributed by atoms with E-state index in [1.807, 2.05) is 11.8 Å². The molecule has 4 rings (SSSR count). The number of ether oxygens (including phenoxy) is 2. The molecule has 1 aliphatic carbocycles. The molecule has 0 aromatic heterocycles. The van der Waals surface area contributed by atoms with E-state index in [0.29, 0.717) is 11.7 Å². The van der Waals surface area contributed by atoms with Crippen LogP contribution in [0.25, 0.3) is 0 Å². The fourth-order valence-corrected chi connectivity index (χ4v) is 5.86. The predicted molar refractivity (Wildman–Crippen MR) is 81.8 cm³/mol. The van der Waals surface area contributed by atoms with Crippen LogP contribution in [0.4, 0.5) is 0 Å². The van der Waals surface area contributed by atoms with Gasteiger partial charge < -0.3 is 14.4 Å². The monoisotopic (exact) mass is 305 g/mol. The zero-order valence-electron chi connectivity index (χ0n) is 12.3. The second-order valence-electron chi connectivity index (χ2n) is 5.92. The fourth-order valence-electron chi connectivity index (χ4n) is 4.20. The lowest BCUT2D eigenvalue weighted by Gasteiger charge is -2.41. The number of aryl methyl sites for hydroxylation is 1. The number of nitrogens with zero attached hydrogens (tertiary/aromatic N) is 1. The quantitative estimate of drug-likeness (QED) is 0.841. The molecule has 0 bridgehead atoms. The van der Waals surface area contributed by atoms with Gasteiger partial charge in [0.15, 0.2) is 11.5 Å². The molecule has 2 aliphatic heterocycles. The van der Waals surface area contributed by atoms with Crippen molar-refractivity contribution in [3.63, 3.8) is 0 Å². The van der Waals surface area contributed by atoms with Gasteiger partial charge in [0.05, 0.1) is 20.0 Å². The Bertz CT molecular complexity index is 618. The van der Waals surface area contributed by atoms with E-state index in [9.17, 15) is 4.79 Å². The molecule has 5 heteroatoms. The molecular formula is C16H19NO3S. The molecule has 1 spiro atoms. The molecule has 2 saturated heterocycles. The van der Waals surface area contributed by atoms with Crippen LogP contribution in [0.3, 0.4) is 0 Å². The predicted octanol–water partition coefficient (Wildman–Crippen LogP) is 2.40. The lowest BCUT2D eigenvalue weighted by Crippen LogP contribution is -2.43. The van der Waals surface area contributed by atoms with Crippen LogP contribution in [0, 0.1) is 5.92 Å². The van der Waals surface area contributed by atoms with Crippen LogP contribution in [-0.4, -0.2) is 37.3 Å². The molecule has 1 amide bonds. The summed E-state index contributed by atoms with van der Waals surface area (Å²) in [4.78, 5) is 14.2. The average Bonchev–Trinajstić information content (AvgIpc) is 3.04. The number of methoxy groups -OCH3 is 2. The van der Waals surface area contributed by atoms with Crippen molar-refractivity contribution in [2.45, 2.75) is 24.1 Å². The third-order valence-corrected chi connectivity index (χ3v) is 6.73. The standard InChI is InChI=1S/C16H19NO3S/c1-19-13-7-10-3-4-11-5-6-17-15(18)9-21-16(11,17)12(10)8-14(13)20-2/h7-8,11H,3-6,9H2,1-2H3. The maximum Gasteiger partial charge on any atom is 0.234 e. The molecule has 2 fully saturated rings. The van der Waals surface area contributed by atoms with Crippen molar-refractivity contribution < 1.29 is 14.3 Å². The Kier molecular flexibility index (Phi) is 2.89. The molecule has 0 N–H and O–H groups in total. The van der Waals surface area contributed by atoms with E-state index >= 15 is 0 Å². The highest BCUT2D eigenvalue weighted by molar-refractivity contribution is 8.01. The van der Waals surface area contributed by atoms with E-state index in [1.165, 1.54) is 11.1 Å². The zero-order chi connectivity index (χ0) is 14.6. The number of rotatable bonds is 2. The number of hydrogen-bond acceptors (Lipinski definition) is 4. The first-order chi connectivity index (χ1) is 10.2. The van der Waals surface area contributed by atoms with Crippen molar-refractivity contribution in [3.05, 3.63) is 23.3 Å². The summed E-state index contributed by atoms with van der Waals surface area (Å²) < 4.78 is 10.9. The second-order valence-corrected chi connectivity index (χ2v) is 7.12. The number of fused-ring (bicyclic) bond motifs is 1. The first kappa shape index (κ1) is 13.3. The Morgan fingerprint density at radius 2 is 2.00 bits per heavy atom. The molecular weight excluding hydrogens is 286 g/mol. The highest BCUT2D eigenvalue weighted by atomic mass is 32.2. The van der Waals surface area contributed by atoms with Gasteiger partial charge in [-0.25, -0.2) is 0 Å². The minimum atomic E-state index is -0.149. The van der Waals surface area contributed by atoms with Gasteiger partial charge in [0.25, 0.3) is 0 Å². The van der Waals surface area contributed by atoms with Crippen molar-refractivity contribution in [2.24, 2.45) is 5.92 Å². The number of benzene rings is 1. The zero-order valence-corrected chi connectivity index (χ0v) is 13.2. The van der Waals surface area contributed by atoms with Crippen molar-refractivity contribution in [1.82, 2.24) is 4.90 Å². The highest BCUT2D eigenvalue weighted by Gasteiger charge is 2.58. The number of thioether (sulfide) groups is 1. The van der Waals surface area contributed by atoms with E-state index in [-0.39, 0.29) is 10.8 Å². The number of amides is 1.